The van der Waals surface area contributed by atoms with Crippen LogP contribution in [0.4, 0.5) is 13.2 Å². The number of ether oxygens (including phenoxy) is 1. The number of carboxylic acids is 1. The zero-order valence-electron chi connectivity index (χ0n) is 16.2. The quantitative estimate of drug-likeness (QED) is 0.478. The number of benzene rings is 2. The predicted octanol–water partition coefficient (Wildman–Crippen LogP) is 5.82. The highest BCUT2D eigenvalue weighted by atomic mass is 32.2. The normalized spacial score (nSPS) is 15.9. The zero-order valence-corrected chi connectivity index (χ0v) is 17.0. The number of thioether (sulfide) groups is 1. The van der Waals surface area contributed by atoms with Gasteiger partial charge in [0.2, 0.25) is 0 Å². The minimum atomic E-state index is -4.38. The molecule has 4 rings (SSSR count). The molecule has 0 saturated heterocycles. The molecule has 1 atom stereocenters. The maximum atomic E-state index is 12.7. The number of rotatable bonds is 6. The number of carboxylic acid groups (broad SMARTS) is 1. The molecular weight excluding hydrogens is 431 g/mol. The summed E-state index contributed by atoms with van der Waals surface area (Å²) in [5, 5.41) is 12.9. The van der Waals surface area contributed by atoms with E-state index in [0.717, 1.165) is 29.0 Å². The molecule has 1 aliphatic rings. The van der Waals surface area contributed by atoms with Crippen LogP contribution in [0.15, 0.2) is 57.9 Å². The zero-order chi connectivity index (χ0) is 22.0. The van der Waals surface area contributed by atoms with E-state index in [1.807, 2.05) is 18.2 Å². The number of hydrogen-bond donors (Lipinski definition) is 1. The van der Waals surface area contributed by atoms with Crippen LogP contribution in [-0.2, 0) is 23.1 Å². The standard InChI is InChI=1S/C22H18F3NO4S/c23-22(24,25)15-4-1-13(2-5-15)20-10-16(26-30-20)12-31-18-7-8-19-14(9-18)3-6-17(29-19)11-21(27)28/h1-2,4-5,7-10,17H,3,6,11-12H2,(H,27,28). The van der Waals surface area contributed by atoms with Gasteiger partial charge in [0.25, 0.3) is 0 Å². The third kappa shape index (κ3) is 5.22. The summed E-state index contributed by atoms with van der Waals surface area (Å²) < 4.78 is 49.1. The summed E-state index contributed by atoms with van der Waals surface area (Å²) in [6.07, 6.45) is -3.28. The largest absolute Gasteiger partial charge is 0.490 e. The second-order valence-electron chi connectivity index (χ2n) is 7.19. The molecule has 0 bridgehead atoms. The van der Waals surface area contributed by atoms with E-state index in [1.54, 1.807) is 17.8 Å². The Bertz CT molecular complexity index is 1080. The van der Waals surface area contributed by atoms with Gasteiger partial charge in [-0.25, -0.2) is 0 Å². The van der Waals surface area contributed by atoms with E-state index >= 15 is 0 Å². The molecule has 0 radical (unpaired) electrons. The SMILES string of the molecule is O=C(O)CC1CCc2cc(SCc3cc(-c4ccc(C(F)(F)F)cc4)on3)ccc2O1. The van der Waals surface area contributed by atoms with E-state index in [1.165, 1.54) is 12.1 Å². The van der Waals surface area contributed by atoms with Crippen molar-refractivity contribution in [2.75, 3.05) is 0 Å². The van der Waals surface area contributed by atoms with Crippen molar-refractivity contribution in [3.63, 3.8) is 0 Å². The van der Waals surface area contributed by atoms with E-state index in [9.17, 15) is 18.0 Å². The van der Waals surface area contributed by atoms with Gasteiger partial charge in [-0.05, 0) is 48.7 Å². The Morgan fingerprint density at radius 2 is 1.94 bits per heavy atom. The minimum absolute atomic E-state index is 0.0105. The third-order valence-electron chi connectivity index (χ3n) is 4.91. The summed E-state index contributed by atoms with van der Waals surface area (Å²) in [7, 11) is 0. The fourth-order valence-electron chi connectivity index (χ4n) is 3.35. The topological polar surface area (TPSA) is 72.6 Å². The molecule has 0 aliphatic carbocycles. The number of halogens is 3. The van der Waals surface area contributed by atoms with Gasteiger partial charge in [-0.3, -0.25) is 4.79 Å². The van der Waals surface area contributed by atoms with Gasteiger partial charge < -0.3 is 14.4 Å². The Balaban J connectivity index is 1.37. The summed E-state index contributed by atoms with van der Waals surface area (Å²) in [5.41, 5.74) is 1.53. The molecule has 1 aromatic heterocycles. The van der Waals surface area contributed by atoms with Crippen molar-refractivity contribution in [2.45, 2.75) is 42.2 Å². The van der Waals surface area contributed by atoms with Gasteiger partial charge in [-0.1, -0.05) is 17.3 Å². The fraction of sp³-hybridized carbons (Fsp3) is 0.273. The molecular formula is C22H18F3NO4S. The molecule has 3 aromatic rings. The third-order valence-corrected chi connectivity index (χ3v) is 5.93. The first kappa shape index (κ1) is 21.3. The summed E-state index contributed by atoms with van der Waals surface area (Å²) in [4.78, 5) is 11.9. The van der Waals surface area contributed by atoms with E-state index in [2.05, 4.69) is 5.16 Å². The first-order valence-electron chi connectivity index (χ1n) is 9.55. The van der Waals surface area contributed by atoms with Crippen LogP contribution in [0.2, 0.25) is 0 Å². The lowest BCUT2D eigenvalue weighted by molar-refractivity contribution is -0.139. The van der Waals surface area contributed by atoms with Crippen molar-refractivity contribution in [1.29, 1.82) is 0 Å². The number of carbonyl (C=O) groups is 1. The van der Waals surface area contributed by atoms with Crippen LogP contribution >= 0.6 is 11.8 Å². The summed E-state index contributed by atoms with van der Waals surface area (Å²) in [6, 6.07) is 12.3. The molecule has 1 N–H and O–H groups in total. The number of nitrogens with zero attached hydrogens (tertiary/aromatic N) is 1. The maximum absolute atomic E-state index is 12.7. The Kier molecular flexibility index (Phi) is 5.95. The molecule has 9 heteroatoms. The molecule has 2 aromatic carbocycles. The van der Waals surface area contributed by atoms with E-state index in [-0.39, 0.29) is 12.5 Å². The van der Waals surface area contributed by atoms with Gasteiger partial charge in [0.05, 0.1) is 17.7 Å². The van der Waals surface area contributed by atoms with Crippen molar-refractivity contribution in [3.8, 4) is 17.1 Å². The van der Waals surface area contributed by atoms with Crippen LogP contribution in [0.5, 0.6) is 5.75 Å². The molecule has 0 spiro atoms. The van der Waals surface area contributed by atoms with Gasteiger partial charge in [0.1, 0.15) is 11.9 Å². The molecule has 5 nitrogen and oxygen atoms in total. The van der Waals surface area contributed by atoms with Gasteiger partial charge in [-0.2, -0.15) is 13.2 Å². The lowest BCUT2D eigenvalue weighted by atomic mass is 10.0. The van der Waals surface area contributed by atoms with E-state index in [4.69, 9.17) is 14.4 Å². The Morgan fingerprint density at radius 1 is 1.16 bits per heavy atom. The first-order chi connectivity index (χ1) is 14.8. The maximum Gasteiger partial charge on any atom is 0.416 e. The van der Waals surface area contributed by atoms with Crippen molar-refractivity contribution < 1.29 is 32.3 Å². The molecule has 162 valence electrons. The second kappa shape index (κ2) is 8.66. The Labute approximate surface area is 180 Å². The van der Waals surface area contributed by atoms with Crippen molar-refractivity contribution in [3.05, 3.63) is 65.4 Å². The highest BCUT2D eigenvalue weighted by molar-refractivity contribution is 7.98. The first-order valence-corrected chi connectivity index (χ1v) is 10.5. The van der Waals surface area contributed by atoms with Crippen LogP contribution < -0.4 is 4.74 Å². The molecule has 1 aliphatic heterocycles. The molecule has 0 amide bonds. The van der Waals surface area contributed by atoms with Crippen molar-refractivity contribution in [2.24, 2.45) is 0 Å². The molecule has 2 heterocycles. The van der Waals surface area contributed by atoms with Crippen LogP contribution in [0, 0.1) is 0 Å². The summed E-state index contributed by atoms with van der Waals surface area (Å²) in [6.45, 7) is 0. The number of fused-ring (bicyclic) bond motifs is 1. The van der Waals surface area contributed by atoms with Crippen LogP contribution in [0.1, 0.15) is 29.7 Å². The highest BCUT2D eigenvalue weighted by Crippen LogP contribution is 2.34. The van der Waals surface area contributed by atoms with Gasteiger partial charge >= 0.3 is 12.1 Å². The number of aromatic nitrogens is 1. The average molecular weight is 449 g/mol. The van der Waals surface area contributed by atoms with Gasteiger partial charge in [-0.15, -0.1) is 11.8 Å². The van der Waals surface area contributed by atoms with Crippen molar-refractivity contribution >= 4 is 17.7 Å². The Hall–Kier alpha value is -2.94. The predicted molar refractivity (Wildman–Crippen MR) is 108 cm³/mol. The monoisotopic (exact) mass is 449 g/mol. The number of hydrogen-bond acceptors (Lipinski definition) is 5. The average Bonchev–Trinajstić information content (AvgIpc) is 3.20. The van der Waals surface area contributed by atoms with E-state index < -0.39 is 17.7 Å². The molecule has 1 unspecified atom stereocenters. The molecule has 0 saturated carbocycles. The lowest BCUT2D eigenvalue weighted by Gasteiger charge is -2.25. The van der Waals surface area contributed by atoms with Crippen LogP contribution in [0.25, 0.3) is 11.3 Å². The fourth-order valence-corrected chi connectivity index (χ4v) is 4.19. The summed E-state index contributed by atoms with van der Waals surface area (Å²) in [5.74, 6) is 0.787. The summed E-state index contributed by atoms with van der Waals surface area (Å²) >= 11 is 1.55. The molecule has 0 fully saturated rings. The second-order valence-corrected chi connectivity index (χ2v) is 8.24. The van der Waals surface area contributed by atoms with Crippen LogP contribution in [-0.4, -0.2) is 22.3 Å². The highest BCUT2D eigenvalue weighted by Gasteiger charge is 2.30. The smallest absolute Gasteiger partial charge is 0.416 e. The van der Waals surface area contributed by atoms with E-state index in [0.29, 0.717) is 34.9 Å². The molecule has 31 heavy (non-hydrogen) atoms. The van der Waals surface area contributed by atoms with Crippen LogP contribution in [0.3, 0.4) is 0 Å². The van der Waals surface area contributed by atoms with Crippen molar-refractivity contribution in [1.82, 2.24) is 5.16 Å². The Morgan fingerprint density at radius 3 is 2.65 bits per heavy atom. The lowest BCUT2D eigenvalue weighted by Crippen LogP contribution is -2.25. The number of alkyl halides is 3. The number of aryl methyl sites for hydroxylation is 1. The number of aliphatic carboxylic acids is 1. The van der Waals surface area contributed by atoms with Gasteiger partial charge in [0, 0.05) is 22.3 Å². The van der Waals surface area contributed by atoms with Gasteiger partial charge in [0.15, 0.2) is 5.76 Å². The minimum Gasteiger partial charge on any atom is -0.490 e.